The molecule has 19 heavy (non-hydrogen) atoms. The molecule has 0 bridgehead atoms. The third kappa shape index (κ3) is 5.09. The van der Waals surface area contributed by atoms with Crippen molar-refractivity contribution in [1.29, 1.82) is 0 Å². The highest BCUT2D eigenvalue weighted by molar-refractivity contribution is 7.90. The minimum Gasteiger partial charge on any atom is -0.310 e. The van der Waals surface area contributed by atoms with E-state index in [2.05, 4.69) is 35.8 Å². The molecule has 0 saturated heterocycles. The zero-order valence-corrected chi connectivity index (χ0v) is 13.1. The second kappa shape index (κ2) is 5.77. The van der Waals surface area contributed by atoms with Gasteiger partial charge in [-0.15, -0.1) is 11.3 Å². The SMILES string of the molecule is CC(/C=C/c1cccs1)NCC1(CS(C)(=O)=O)CC1. The van der Waals surface area contributed by atoms with Crippen molar-refractivity contribution in [3.8, 4) is 0 Å². The summed E-state index contributed by atoms with van der Waals surface area (Å²) in [6.45, 7) is 2.89. The Morgan fingerprint density at radius 3 is 2.79 bits per heavy atom. The predicted octanol–water partition coefficient (Wildman–Crippen LogP) is 2.56. The number of hydrogen-bond acceptors (Lipinski definition) is 4. The van der Waals surface area contributed by atoms with E-state index in [0.717, 1.165) is 19.4 Å². The molecule has 1 aliphatic carbocycles. The molecule has 0 aliphatic heterocycles. The van der Waals surface area contributed by atoms with E-state index >= 15 is 0 Å². The smallest absolute Gasteiger partial charge is 0.148 e. The summed E-state index contributed by atoms with van der Waals surface area (Å²) in [6, 6.07) is 4.38. The standard InChI is InChI=1S/C14H21NO2S2/c1-12(5-6-13-4-3-9-18-13)15-10-14(7-8-14)11-19(2,16)17/h3-6,9,12,15H,7-8,10-11H2,1-2H3/b6-5+. The van der Waals surface area contributed by atoms with Crippen molar-refractivity contribution in [3.05, 3.63) is 28.5 Å². The van der Waals surface area contributed by atoms with Crippen LogP contribution in [0.3, 0.4) is 0 Å². The maximum atomic E-state index is 11.4. The average molecular weight is 299 g/mol. The summed E-state index contributed by atoms with van der Waals surface area (Å²) >= 11 is 1.71. The van der Waals surface area contributed by atoms with E-state index in [-0.39, 0.29) is 11.5 Å². The van der Waals surface area contributed by atoms with E-state index in [4.69, 9.17) is 0 Å². The van der Waals surface area contributed by atoms with Crippen molar-refractivity contribution in [2.24, 2.45) is 5.41 Å². The van der Waals surface area contributed by atoms with E-state index in [1.165, 1.54) is 11.1 Å². The second-order valence-electron chi connectivity index (χ2n) is 5.61. The number of sulfone groups is 1. The first-order valence-corrected chi connectivity index (χ1v) is 9.45. The topological polar surface area (TPSA) is 46.2 Å². The van der Waals surface area contributed by atoms with Gasteiger partial charge in [0.2, 0.25) is 0 Å². The van der Waals surface area contributed by atoms with Gasteiger partial charge >= 0.3 is 0 Å². The van der Waals surface area contributed by atoms with Crippen LogP contribution in [-0.4, -0.2) is 33.0 Å². The molecule has 1 aromatic heterocycles. The monoisotopic (exact) mass is 299 g/mol. The van der Waals surface area contributed by atoms with Crippen LogP contribution in [0.2, 0.25) is 0 Å². The summed E-state index contributed by atoms with van der Waals surface area (Å²) in [4.78, 5) is 1.24. The van der Waals surface area contributed by atoms with Crippen LogP contribution >= 0.6 is 11.3 Å². The minimum absolute atomic E-state index is 0.00137. The van der Waals surface area contributed by atoms with Crippen molar-refractivity contribution in [2.45, 2.75) is 25.8 Å². The lowest BCUT2D eigenvalue weighted by atomic mass is 10.1. The maximum absolute atomic E-state index is 11.4. The van der Waals surface area contributed by atoms with E-state index < -0.39 is 9.84 Å². The van der Waals surface area contributed by atoms with Crippen LogP contribution in [0.15, 0.2) is 23.6 Å². The molecule has 0 amide bonds. The molecule has 0 radical (unpaired) electrons. The van der Waals surface area contributed by atoms with Gasteiger partial charge in [-0.3, -0.25) is 0 Å². The summed E-state index contributed by atoms with van der Waals surface area (Å²) in [5.41, 5.74) is -0.00137. The molecule has 1 heterocycles. The van der Waals surface area contributed by atoms with Crippen LogP contribution in [0.25, 0.3) is 6.08 Å². The van der Waals surface area contributed by atoms with Crippen LogP contribution in [0, 0.1) is 5.41 Å². The molecule has 1 N–H and O–H groups in total. The first-order valence-electron chi connectivity index (χ1n) is 6.51. The molecule has 5 heteroatoms. The molecule has 1 unspecified atom stereocenters. The third-order valence-electron chi connectivity index (χ3n) is 3.42. The van der Waals surface area contributed by atoms with Gasteiger partial charge in [0.05, 0.1) is 5.75 Å². The van der Waals surface area contributed by atoms with Crippen molar-refractivity contribution >= 4 is 27.3 Å². The summed E-state index contributed by atoms with van der Waals surface area (Å²) in [5, 5.41) is 5.48. The molecule has 0 spiro atoms. The highest BCUT2D eigenvalue weighted by Gasteiger charge is 2.44. The lowest BCUT2D eigenvalue weighted by molar-refractivity contribution is 0.476. The molecule has 1 aliphatic rings. The van der Waals surface area contributed by atoms with Crippen LogP contribution < -0.4 is 5.32 Å². The van der Waals surface area contributed by atoms with E-state index in [9.17, 15) is 8.42 Å². The molecule has 0 aromatic carbocycles. The molecule has 3 nitrogen and oxygen atoms in total. The molecule has 1 atom stereocenters. The fourth-order valence-electron chi connectivity index (χ4n) is 2.18. The number of hydrogen-bond donors (Lipinski definition) is 1. The fraction of sp³-hybridized carbons (Fsp3) is 0.571. The number of nitrogens with one attached hydrogen (secondary N) is 1. The lowest BCUT2D eigenvalue weighted by Gasteiger charge is -2.17. The molecule has 106 valence electrons. The second-order valence-corrected chi connectivity index (χ2v) is 8.73. The Labute approximate surface area is 119 Å². The van der Waals surface area contributed by atoms with Gasteiger partial charge in [0.1, 0.15) is 9.84 Å². The van der Waals surface area contributed by atoms with Gasteiger partial charge in [-0.25, -0.2) is 8.42 Å². The Morgan fingerprint density at radius 1 is 1.53 bits per heavy atom. The van der Waals surface area contributed by atoms with Crippen LogP contribution in [-0.2, 0) is 9.84 Å². The summed E-state index contributed by atoms with van der Waals surface area (Å²) < 4.78 is 22.7. The van der Waals surface area contributed by atoms with Gasteiger partial charge < -0.3 is 5.32 Å². The van der Waals surface area contributed by atoms with Gasteiger partial charge in [0.25, 0.3) is 0 Å². The van der Waals surface area contributed by atoms with Crippen molar-refractivity contribution < 1.29 is 8.42 Å². The van der Waals surface area contributed by atoms with Crippen LogP contribution in [0.5, 0.6) is 0 Å². The summed E-state index contributed by atoms with van der Waals surface area (Å²) in [7, 11) is -2.87. The summed E-state index contributed by atoms with van der Waals surface area (Å²) in [6.07, 6.45) is 7.61. The fourth-order valence-corrected chi connectivity index (χ4v) is 4.31. The van der Waals surface area contributed by atoms with Crippen LogP contribution in [0.1, 0.15) is 24.6 Å². The van der Waals surface area contributed by atoms with Gasteiger partial charge in [-0.2, -0.15) is 0 Å². The van der Waals surface area contributed by atoms with Crippen molar-refractivity contribution in [3.63, 3.8) is 0 Å². The molecule has 1 fully saturated rings. The molecular weight excluding hydrogens is 278 g/mol. The summed E-state index contributed by atoms with van der Waals surface area (Å²) in [5.74, 6) is 0.314. The highest BCUT2D eigenvalue weighted by atomic mass is 32.2. The Balaban J connectivity index is 1.79. The normalized spacial score (nSPS) is 19.7. The van der Waals surface area contributed by atoms with Crippen LogP contribution in [0.4, 0.5) is 0 Å². The predicted molar refractivity (Wildman–Crippen MR) is 82.2 cm³/mol. The number of thiophene rings is 1. The van der Waals surface area contributed by atoms with Crippen molar-refractivity contribution in [2.75, 3.05) is 18.6 Å². The van der Waals surface area contributed by atoms with E-state index in [0.29, 0.717) is 5.75 Å². The largest absolute Gasteiger partial charge is 0.310 e. The Kier molecular flexibility index (Phi) is 4.48. The van der Waals surface area contributed by atoms with Gasteiger partial charge in [0, 0.05) is 23.7 Å². The third-order valence-corrected chi connectivity index (χ3v) is 5.39. The van der Waals surface area contributed by atoms with E-state index in [1.807, 2.05) is 6.07 Å². The lowest BCUT2D eigenvalue weighted by Crippen LogP contribution is -2.34. The Morgan fingerprint density at radius 2 is 2.26 bits per heavy atom. The molecule has 2 rings (SSSR count). The van der Waals surface area contributed by atoms with Crippen molar-refractivity contribution in [1.82, 2.24) is 5.32 Å². The zero-order chi connectivity index (χ0) is 13.9. The van der Waals surface area contributed by atoms with Gasteiger partial charge in [-0.1, -0.05) is 12.1 Å². The van der Waals surface area contributed by atoms with Gasteiger partial charge in [-0.05, 0) is 42.7 Å². The molecule has 1 saturated carbocycles. The van der Waals surface area contributed by atoms with E-state index in [1.54, 1.807) is 11.3 Å². The zero-order valence-electron chi connectivity index (χ0n) is 11.4. The average Bonchev–Trinajstić information content (AvgIpc) is 2.87. The molecule has 1 aromatic rings. The first kappa shape index (κ1) is 14.8. The Bertz CT molecular complexity index is 528. The minimum atomic E-state index is -2.87. The maximum Gasteiger partial charge on any atom is 0.148 e. The Hall–Kier alpha value is -0.650. The quantitative estimate of drug-likeness (QED) is 0.841. The molecular formula is C14H21NO2S2. The number of rotatable bonds is 7. The highest BCUT2D eigenvalue weighted by Crippen LogP contribution is 2.46. The van der Waals surface area contributed by atoms with Gasteiger partial charge in [0.15, 0.2) is 0 Å². The first-order chi connectivity index (χ1) is 8.89.